The third kappa shape index (κ3) is 2.35. The molecule has 1 radical (unpaired) electrons. The standard InChI is InChI=1S/C8H15O/c1-2-8-4-3-6-9-7-5-8/h8H,1-7H2. The van der Waals surface area contributed by atoms with E-state index in [9.17, 15) is 0 Å². The van der Waals surface area contributed by atoms with Crippen molar-refractivity contribution in [2.45, 2.75) is 25.7 Å². The summed E-state index contributed by atoms with van der Waals surface area (Å²) in [4.78, 5) is 0. The van der Waals surface area contributed by atoms with Crippen LogP contribution < -0.4 is 0 Å². The van der Waals surface area contributed by atoms with Crippen molar-refractivity contribution in [2.75, 3.05) is 13.2 Å². The van der Waals surface area contributed by atoms with Crippen molar-refractivity contribution in [2.24, 2.45) is 5.92 Å². The van der Waals surface area contributed by atoms with Crippen LogP contribution in [0.4, 0.5) is 0 Å². The molecule has 0 aromatic rings. The summed E-state index contributed by atoms with van der Waals surface area (Å²) in [6.45, 7) is 5.82. The molecule has 0 N–H and O–H groups in total. The Morgan fingerprint density at radius 2 is 2.22 bits per heavy atom. The van der Waals surface area contributed by atoms with Crippen LogP contribution in [-0.4, -0.2) is 13.2 Å². The lowest BCUT2D eigenvalue weighted by Crippen LogP contribution is -1.98. The van der Waals surface area contributed by atoms with Crippen molar-refractivity contribution in [3.05, 3.63) is 6.92 Å². The van der Waals surface area contributed by atoms with Gasteiger partial charge in [-0.2, -0.15) is 0 Å². The van der Waals surface area contributed by atoms with Gasteiger partial charge in [0.2, 0.25) is 0 Å². The van der Waals surface area contributed by atoms with Gasteiger partial charge in [-0.1, -0.05) is 13.3 Å². The molecule has 0 amide bonds. The minimum Gasteiger partial charge on any atom is -0.381 e. The van der Waals surface area contributed by atoms with Gasteiger partial charge in [-0.05, 0) is 25.2 Å². The Kier molecular flexibility index (Phi) is 3.05. The van der Waals surface area contributed by atoms with Gasteiger partial charge in [0.1, 0.15) is 0 Å². The summed E-state index contributed by atoms with van der Waals surface area (Å²) >= 11 is 0. The highest BCUT2D eigenvalue weighted by Crippen LogP contribution is 2.17. The van der Waals surface area contributed by atoms with Gasteiger partial charge >= 0.3 is 0 Å². The van der Waals surface area contributed by atoms with Gasteiger partial charge in [-0.25, -0.2) is 0 Å². The van der Waals surface area contributed by atoms with Gasteiger partial charge < -0.3 is 4.74 Å². The second-order valence-electron chi connectivity index (χ2n) is 2.70. The SMILES string of the molecule is [CH2]CC1CCCOCC1. The molecular formula is C8H15O. The Morgan fingerprint density at radius 1 is 1.33 bits per heavy atom. The predicted octanol–water partition coefficient (Wildman–Crippen LogP) is 2.03. The average Bonchev–Trinajstić information content (AvgIpc) is 2.13. The van der Waals surface area contributed by atoms with Crippen LogP contribution in [0.3, 0.4) is 0 Å². The molecule has 1 rings (SSSR count). The van der Waals surface area contributed by atoms with E-state index in [4.69, 9.17) is 4.74 Å². The lowest BCUT2D eigenvalue weighted by atomic mass is 9.98. The van der Waals surface area contributed by atoms with Crippen molar-refractivity contribution in [1.82, 2.24) is 0 Å². The maximum atomic E-state index is 5.30. The smallest absolute Gasteiger partial charge is 0.0468 e. The molecular weight excluding hydrogens is 112 g/mol. The van der Waals surface area contributed by atoms with Crippen molar-refractivity contribution in [1.29, 1.82) is 0 Å². The van der Waals surface area contributed by atoms with Crippen LogP contribution in [0.25, 0.3) is 0 Å². The zero-order valence-corrected chi connectivity index (χ0v) is 5.94. The van der Waals surface area contributed by atoms with Crippen LogP contribution in [0.15, 0.2) is 0 Å². The summed E-state index contributed by atoms with van der Waals surface area (Å²) in [5, 5.41) is 0. The van der Waals surface area contributed by atoms with Gasteiger partial charge in [0.25, 0.3) is 0 Å². The lowest BCUT2D eigenvalue weighted by molar-refractivity contribution is 0.141. The molecule has 1 nitrogen and oxygen atoms in total. The summed E-state index contributed by atoms with van der Waals surface area (Å²) < 4.78 is 5.30. The zero-order valence-electron chi connectivity index (χ0n) is 5.94. The summed E-state index contributed by atoms with van der Waals surface area (Å²) in [5.74, 6) is 0.840. The zero-order chi connectivity index (χ0) is 6.53. The van der Waals surface area contributed by atoms with Gasteiger partial charge in [-0.15, -0.1) is 0 Å². The summed E-state index contributed by atoms with van der Waals surface area (Å²) in [6.07, 6.45) is 4.87. The molecule has 1 atom stereocenters. The molecule has 0 bridgehead atoms. The van der Waals surface area contributed by atoms with Gasteiger partial charge in [0, 0.05) is 13.2 Å². The number of ether oxygens (including phenoxy) is 1. The Labute approximate surface area is 57.4 Å². The molecule has 9 heavy (non-hydrogen) atoms. The van der Waals surface area contributed by atoms with E-state index in [0.29, 0.717) is 0 Å². The lowest BCUT2D eigenvalue weighted by Gasteiger charge is -2.07. The molecule has 0 saturated carbocycles. The predicted molar refractivity (Wildman–Crippen MR) is 38.1 cm³/mol. The maximum absolute atomic E-state index is 5.30. The highest BCUT2D eigenvalue weighted by molar-refractivity contribution is 4.62. The quantitative estimate of drug-likeness (QED) is 0.523. The largest absolute Gasteiger partial charge is 0.381 e. The summed E-state index contributed by atoms with van der Waals surface area (Å²) in [5.41, 5.74) is 0. The molecule has 1 heterocycles. The number of hydrogen-bond acceptors (Lipinski definition) is 1. The van der Waals surface area contributed by atoms with Crippen LogP contribution in [0.2, 0.25) is 0 Å². The highest BCUT2D eigenvalue weighted by atomic mass is 16.5. The van der Waals surface area contributed by atoms with Crippen LogP contribution in [-0.2, 0) is 4.74 Å². The number of hydrogen-bond donors (Lipinski definition) is 0. The molecule has 1 unspecified atom stereocenters. The minimum atomic E-state index is 0.840. The summed E-state index contributed by atoms with van der Waals surface area (Å²) in [7, 11) is 0. The van der Waals surface area contributed by atoms with Gasteiger partial charge in [0.05, 0.1) is 0 Å². The third-order valence-electron chi connectivity index (χ3n) is 1.98. The van der Waals surface area contributed by atoms with Crippen molar-refractivity contribution in [3.63, 3.8) is 0 Å². The van der Waals surface area contributed by atoms with E-state index in [0.717, 1.165) is 25.6 Å². The normalized spacial score (nSPS) is 29.7. The van der Waals surface area contributed by atoms with Crippen molar-refractivity contribution >= 4 is 0 Å². The van der Waals surface area contributed by atoms with Crippen LogP contribution in [0, 0.1) is 12.8 Å². The molecule has 53 valence electrons. The first kappa shape index (κ1) is 7.07. The first-order chi connectivity index (χ1) is 4.43. The minimum absolute atomic E-state index is 0.840. The molecule has 0 aliphatic carbocycles. The first-order valence-electron chi connectivity index (χ1n) is 3.80. The van der Waals surface area contributed by atoms with E-state index in [1.807, 2.05) is 0 Å². The monoisotopic (exact) mass is 127 g/mol. The molecule has 1 aliphatic rings. The van der Waals surface area contributed by atoms with E-state index in [2.05, 4.69) is 6.92 Å². The van der Waals surface area contributed by atoms with Crippen LogP contribution in [0.1, 0.15) is 25.7 Å². The Bertz CT molecular complexity index is 63.0. The molecule has 0 spiro atoms. The van der Waals surface area contributed by atoms with E-state index in [1.165, 1.54) is 19.3 Å². The van der Waals surface area contributed by atoms with E-state index < -0.39 is 0 Å². The molecule has 1 aliphatic heterocycles. The molecule has 1 heteroatoms. The van der Waals surface area contributed by atoms with Crippen LogP contribution >= 0.6 is 0 Å². The maximum Gasteiger partial charge on any atom is 0.0468 e. The second kappa shape index (κ2) is 3.89. The third-order valence-corrected chi connectivity index (χ3v) is 1.98. The van der Waals surface area contributed by atoms with Gasteiger partial charge in [0.15, 0.2) is 0 Å². The van der Waals surface area contributed by atoms with E-state index >= 15 is 0 Å². The Hall–Kier alpha value is -0.0400. The Morgan fingerprint density at radius 3 is 3.00 bits per heavy atom. The fourth-order valence-electron chi connectivity index (χ4n) is 1.26. The first-order valence-corrected chi connectivity index (χ1v) is 3.80. The molecule has 0 aromatic heterocycles. The summed E-state index contributed by atoms with van der Waals surface area (Å²) in [6, 6.07) is 0. The fourth-order valence-corrected chi connectivity index (χ4v) is 1.26. The van der Waals surface area contributed by atoms with Gasteiger partial charge in [-0.3, -0.25) is 0 Å². The molecule has 1 fully saturated rings. The molecule has 1 saturated heterocycles. The topological polar surface area (TPSA) is 9.23 Å². The molecule has 0 aromatic carbocycles. The number of rotatable bonds is 1. The van der Waals surface area contributed by atoms with Crippen molar-refractivity contribution in [3.8, 4) is 0 Å². The van der Waals surface area contributed by atoms with E-state index in [1.54, 1.807) is 0 Å². The van der Waals surface area contributed by atoms with Crippen LogP contribution in [0.5, 0.6) is 0 Å². The fraction of sp³-hybridized carbons (Fsp3) is 0.875. The highest BCUT2D eigenvalue weighted by Gasteiger charge is 2.08. The second-order valence-corrected chi connectivity index (χ2v) is 2.70. The van der Waals surface area contributed by atoms with Crippen molar-refractivity contribution < 1.29 is 4.74 Å². The average molecular weight is 127 g/mol. The Balaban J connectivity index is 2.18. The van der Waals surface area contributed by atoms with E-state index in [-0.39, 0.29) is 0 Å².